The lowest BCUT2D eigenvalue weighted by Crippen LogP contribution is -2.50. The lowest BCUT2D eigenvalue weighted by Gasteiger charge is -2.30. The van der Waals surface area contributed by atoms with E-state index in [9.17, 15) is 4.79 Å². The number of halogens is 1. The highest BCUT2D eigenvalue weighted by molar-refractivity contribution is 9.10. The Bertz CT molecular complexity index is 699. The molecule has 5 heteroatoms. The zero-order chi connectivity index (χ0) is 17.7. The summed E-state index contributed by atoms with van der Waals surface area (Å²) in [6, 6.07) is 15.4. The maximum atomic E-state index is 12.8. The van der Waals surface area contributed by atoms with Gasteiger partial charge in [0.25, 0.3) is 0 Å². The van der Waals surface area contributed by atoms with Crippen molar-refractivity contribution in [3.63, 3.8) is 0 Å². The van der Waals surface area contributed by atoms with Gasteiger partial charge in [0, 0.05) is 18.1 Å². The predicted molar refractivity (Wildman–Crippen MR) is 100 cm³/mol. The van der Waals surface area contributed by atoms with Crippen LogP contribution in [0.5, 0.6) is 5.75 Å². The number of likely N-dealkylation sites (N-methyl/N-ethyl adjacent to an activating group) is 1. The number of carbonyl (C=O) groups is 1. The maximum absolute atomic E-state index is 12.8. The molecule has 0 saturated heterocycles. The molecule has 0 heterocycles. The van der Waals surface area contributed by atoms with Crippen LogP contribution >= 0.6 is 15.9 Å². The van der Waals surface area contributed by atoms with E-state index in [-0.39, 0.29) is 5.91 Å². The Hall–Kier alpha value is -1.85. The molecular weight excluding hydrogens is 368 g/mol. The van der Waals surface area contributed by atoms with Gasteiger partial charge in [-0.3, -0.25) is 4.79 Å². The lowest BCUT2D eigenvalue weighted by molar-refractivity contribution is -0.135. The van der Waals surface area contributed by atoms with Gasteiger partial charge in [-0.25, -0.2) is 0 Å². The molecule has 0 fully saturated rings. The van der Waals surface area contributed by atoms with Crippen LogP contribution < -0.4 is 10.5 Å². The maximum Gasteiger partial charge on any atom is 0.246 e. The quantitative estimate of drug-likeness (QED) is 0.822. The highest BCUT2D eigenvalue weighted by atomic mass is 79.9. The largest absolute Gasteiger partial charge is 0.496 e. The summed E-state index contributed by atoms with van der Waals surface area (Å²) in [5.41, 5.74) is 7.13. The van der Waals surface area contributed by atoms with Crippen molar-refractivity contribution in [2.75, 3.05) is 20.7 Å². The summed E-state index contributed by atoms with van der Waals surface area (Å²) in [6.07, 6.45) is 0.711. The smallest absolute Gasteiger partial charge is 0.246 e. The number of nitrogens with two attached hydrogens (primary N) is 1. The number of carbonyl (C=O) groups excluding carboxylic acids is 1. The van der Waals surface area contributed by atoms with E-state index in [4.69, 9.17) is 10.5 Å². The molecule has 128 valence electrons. The minimum Gasteiger partial charge on any atom is -0.496 e. The molecule has 2 N–H and O–H groups in total. The van der Waals surface area contributed by atoms with Crippen molar-refractivity contribution in [2.45, 2.75) is 18.9 Å². The molecule has 0 saturated carbocycles. The van der Waals surface area contributed by atoms with Gasteiger partial charge in [0.05, 0.1) is 7.11 Å². The van der Waals surface area contributed by atoms with E-state index in [0.29, 0.717) is 13.0 Å². The third kappa shape index (κ3) is 4.16. The van der Waals surface area contributed by atoms with Crippen LogP contribution in [0.2, 0.25) is 0 Å². The Morgan fingerprint density at radius 1 is 1.21 bits per heavy atom. The second kappa shape index (κ2) is 7.81. The molecule has 0 radical (unpaired) electrons. The SMILES string of the molecule is COc1ccccc1CCN(C)C(=O)C(C)(N)c1ccc(Br)cc1. The van der Waals surface area contributed by atoms with E-state index in [0.717, 1.165) is 21.3 Å². The van der Waals surface area contributed by atoms with Crippen LogP contribution in [-0.2, 0) is 16.8 Å². The Morgan fingerprint density at radius 2 is 1.83 bits per heavy atom. The van der Waals surface area contributed by atoms with Gasteiger partial charge in [-0.1, -0.05) is 46.3 Å². The van der Waals surface area contributed by atoms with Crippen molar-refractivity contribution < 1.29 is 9.53 Å². The van der Waals surface area contributed by atoms with Crippen LogP contribution in [0.4, 0.5) is 0 Å². The molecule has 2 rings (SSSR count). The average molecular weight is 391 g/mol. The van der Waals surface area contributed by atoms with Crippen molar-refractivity contribution in [3.05, 3.63) is 64.1 Å². The highest BCUT2D eigenvalue weighted by Crippen LogP contribution is 2.23. The van der Waals surface area contributed by atoms with Gasteiger partial charge in [0.15, 0.2) is 0 Å². The van der Waals surface area contributed by atoms with Crippen molar-refractivity contribution in [1.82, 2.24) is 4.90 Å². The van der Waals surface area contributed by atoms with E-state index >= 15 is 0 Å². The van der Waals surface area contributed by atoms with Gasteiger partial charge in [-0.05, 0) is 42.7 Å². The topological polar surface area (TPSA) is 55.6 Å². The summed E-state index contributed by atoms with van der Waals surface area (Å²) in [4.78, 5) is 14.5. The van der Waals surface area contributed by atoms with Crippen LogP contribution in [-0.4, -0.2) is 31.5 Å². The average Bonchev–Trinajstić information content (AvgIpc) is 2.59. The van der Waals surface area contributed by atoms with Gasteiger partial charge in [0.2, 0.25) is 5.91 Å². The first-order valence-electron chi connectivity index (χ1n) is 7.78. The van der Waals surface area contributed by atoms with E-state index in [1.54, 1.807) is 26.0 Å². The molecule has 2 aromatic carbocycles. The number of hydrogen-bond donors (Lipinski definition) is 1. The van der Waals surface area contributed by atoms with Gasteiger partial charge >= 0.3 is 0 Å². The summed E-state index contributed by atoms with van der Waals surface area (Å²) < 4.78 is 6.31. The molecule has 1 atom stereocenters. The number of ether oxygens (including phenoxy) is 1. The van der Waals surface area contributed by atoms with E-state index < -0.39 is 5.54 Å². The minimum absolute atomic E-state index is 0.111. The fourth-order valence-electron chi connectivity index (χ4n) is 2.62. The number of methoxy groups -OCH3 is 1. The Balaban J connectivity index is 2.07. The van der Waals surface area contributed by atoms with E-state index in [1.807, 2.05) is 48.5 Å². The summed E-state index contributed by atoms with van der Waals surface area (Å²) in [5, 5.41) is 0. The third-order valence-corrected chi connectivity index (χ3v) is 4.67. The Labute approximate surface area is 151 Å². The molecule has 1 unspecified atom stereocenters. The number of hydrogen-bond acceptors (Lipinski definition) is 3. The number of benzene rings is 2. The second-order valence-electron chi connectivity index (χ2n) is 6.00. The van der Waals surface area contributed by atoms with Crippen LogP contribution in [0, 0.1) is 0 Å². The van der Waals surface area contributed by atoms with Gasteiger partial charge < -0.3 is 15.4 Å². The van der Waals surface area contributed by atoms with Gasteiger partial charge in [-0.15, -0.1) is 0 Å². The number of rotatable bonds is 6. The van der Waals surface area contributed by atoms with E-state index in [1.165, 1.54) is 0 Å². The van der Waals surface area contributed by atoms with Gasteiger partial charge in [-0.2, -0.15) is 0 Å². The predicted octanol–water partition coefficient (Wildman–Crippen LogP) is 3.33. The fraction of sp³-hybridized carbons (Fsp3) is 0.316. The first-order valence-corrected chi connectivity index (χ1v) is 8.58. The Kier molecular flexibility index (Phi) is 6.02. The number of para-hydroxylation sites is 1. The molecule has 0 aromatic heterocycles. The molecule has 0 aliphatic rings. The second-order valence-corrected chi connectivity index (χ2v) is 6.91. The van der Waals surface area contributed by atoms with Gasteiger partial charge in [0.1, 0.15) is 11.3 Å². The van der Waals surface area contributed by atoms with Crippen molar-refractivity contribution >= 4 is 21.8 Å². The van der Waals surface area contributed by atoms with E-state index in [2.05, 4.69) is 15.9 Å². The highest BCUT2D eigenvalue weighted by Gasteiger charge is 2.33. The molecule has 0 bridgehead atoms. The molecule has 2 aromatic rings. The zero-order valence-corrected chi connectivity index (χ0v) is 15.8. The molecule has 4 nitrogen and oxygen atoms in total. The normalized spacial score (nSPS) is 13.2. The molecule has 1 amide bonds. The Morgan fingerprint density at radius 3 is 2.46 bits per heavy atom. The van der Waals surface area contributed by atoms with Crippen LogP contribution in [0.15, 0.2) is 53.0 Å². The summed E-state index contributed by atoms with van der Waals surface area (Å²) in [5.74, 6) is 0.724. The number of nitrogens with zero attached hydrogens (tertiary/aromatic N) is 1. The van der Waals surface area contributed by atoms with Crippen molar-refractivity contribution in [2.24, 2.45) is 5.73 Å². The fourth-order valence-corrected chi connectivity index (χ4v) is 2.88. The van der Waals surface area contributed by atoms with Crippen molar-refractivity contribution in [3.8, 4) is 5.75 Å². The van der Waals surface area contributed by atoms with Crippen molar-refractivity contribution in [1.29, 1.82) is 0 Å². The molecule has 0 spiro atoms. The van der Waals surface area contributed by atoms with Crippen LogP contribution in [0.1, 0.15) is 18.1 Å². The summed E-state index contributed by atoms with van der Waals surface area (Å²) >= 11 is 3.39. The lowest BCUT2D eigenvalue weighted by atomic mass is 9.91. The third-order valence-electron chi connectivity index (χ3n) is 4.14. The molecular formula is C19H23BrN2O2. The minimum atomic E-state index is -1.06. The molecule has 0 aliphatic carbocycles. The first kappa shape index (κ1) is 18.5. The monoisotopic (exact) mass is 390 g/mol. The summed E-state index contributed by atoms with van der Waals surface area (Å²) in [6.45, 7) is 2.32. The zero-order valence-electron chi connectivity index (χ0n) is 14.3. The van der Waals surface area contributed by atoms with Crippen LogP contribution in [0.3, 0.4) is 0 Å². The first-order chi connectivity index (χ1) is 11.4. The standard InChI is InChI=1S/C19H23BrN2O2/c1-19(21,15-8-10-16(20)11-9-15)18(23)22(2)13-12-14-6-4-5-7-17(14)24-3/h4-11H,12-13,21H2,1-3H3. The van der Waals surface area contributed by atoms with Crippen LogP contribution in [0.25, 0.3) is 0 Å². The summed E-state index contributed by atoms with van der Waals surface area (Å²) in [7, 11) is 3.43. The molecule has 0 aliphatic heterocycles. The number of amides is 1. The molecule has 24 heavy (non-hydrogen) atoms.